The van der Waals surface area contributed by atoms with Crippen molar-refractivity contribution < 1.29 is 31.0 Å². The number of benzene rings is 12. The Bertz CT molecular complexity index is 1560. The topological polar surface area (TPSA) is 0 Å². The van der Waals surface area contributed by atoms with Crippen LogP contribution in [0.25, 0.3) is 0 Å². The predicted molar refractivity (Wildman–Crippen MR) is 318 cm³/mol. The van der Waals surface area contributed by atoms with E-state index in [1.165, 1.54) is 0 Å². The van der Waals surface area contributed by atoms with Gasteiger partial charge in [-0.05, 0) is 0 Å². The van der Waals surface area contributed by atoms with E-state index in [9.17, 15) is 0 Å². The van der Waals surface area contributed by atoms with Crippen molar-refractivity contribution in [1.29, 1.82) is 0 Å². The standard InChI is InChI=1S/12C6H6.Na.H/c12*1-2-4-6-5-3-1;;/h12*1-6H;;/q;;;;;;;;;;;;+1;-1. The Kier molecular flexibility index (Phi) is 54.6. The Morgan fingerprint density at radius 2 is 0.0685 bits per heavy atom. The molecule has 0 aliphatic rings. The predicted octanol–water partition coefficient (Wildman–Crippen LogP) is 17.4. The third-order valence-electron chi connectivity index (χ3n) is 8.00. The molecule has 12 aromatic carbocycles. The summed E-state index contributed by atoms with van der Waals surface area (Å²) in [5.41, 5.74) is 0. The Balaban J connectivity index is 0. The molecule has 0 aliphatic heterocycles. The molecule has 362 valence electrons. The average Bonchev–Trinajstić information content (AvgIpc) is 3.54. The average molecular weight is 961 g/mol. The van der Waals surface area contributed by atoms with Gasteiger partial charge < -0.3 is 1.43 Å². The molecule has 0 amide bonds. The van der Waals surface area contributed by atoms with Crippen LogP contribution in [0.4, 0.5) is 0 Å². The third kappa shape index (κ3) is 59.7. The number of hydrogen-bond donors (Lipinski definition) is 0. The van der Waals surface area contributed by atoms with Crippen LogP contribution < -0.4 is 29.6 Å². The van der Waals surface area contributed by atoms with Gasteiger partial charge in [-0.15, -0.1) is 0 Å². The van der Waals surface area contributed by atoms with Gasteiger partial charge >= 0.3 is 29.6 Å². The van der Waals surface area contributed by atoms with Crippen LogP contribution in [0.3, 0.4) is 0 Å². The zero-order valence-corrected chi connectivity index (χ0v) is 44.6. The first-order valence-corrected chi connectivity index (χ1v) is 24.0. The molecule has 0 spiro atoms. The maximum absolute atomic E-state index is 2.00. The third-order valence-corrected chi connectivity index (χ3v) is 8.00. The van der Waals surface area contributed by atoms with Gasteiger partial charge in [-0.3, -0.25) is 0 Å². The zero-order valence-electron chi connectivity index (χ0n) is 43.6. The molecule has 0 heterocycles. The maximum Gasteiger partial charge on any atom is 1.00 e. The van der Waals surface area contributed by atoms with Gasteiger partial charge in [-0.1, -0.05) is 437 Å². The second kappa shape index (κ2) is 61.7. The summed E-state index contributed by atoms with van der Waals surface area (Å²) in [7, 11) is 0. The molecular weight excluding hydrogens is 888 g/mol. The fraction of sp³-hybridized carbons (Fsp3) is 0. The Morgan fingerprint density at radius 3 is 0.0822 bits per heavy atom. The Hall–Kier alpha value is -8.36. The first-order valence-electron chi connectivity index (χ1n) is 24.0. The van der Waals surface area contributed by atoms with Gasteiger partial charge in [0.2, 0.25) is 0 Å². The number of hydrogen-bond acceptors (Lipinski definition) is 0. The summed E-state index contributed by atoms with van der Waals surface area (Å²) in [5, 5.41) is 0. The molecule has 0 N–H and O–H groups in total. The molecule has 0 saturated carbocycles. The van der Waals surface area contributed by atoms with E-state index in [1.54, 1.807) is 0 Å². The van der Waals surface area contributed by atoms with Crippen molar-refractivity contribution in [2.24, 2.45) is 0 Å². The van der Waals surface area contributed by atoms with Crippen molar-refractivity contribution in [2.45, 2.75) is 0 Å². The zero-order chi connectivity index (χ0) is 50.9. The molecular formula is C72H73Na. The maximum atomic E-state index is 2.00. The second-order valence-electron chi connectivity index (χ2n) is 13.9. The van der Waals surface area contributed by atoms with Gasteiger partial charge in [0.1, 0.15) is 0 Å². The molecule has 0 radical (unpaired) electrons. The first-order chi connectivity index (χ1) is 36.0. The minimum absolute atomic E-state index is 0. The van der Waals surface area contributed by atoms with Crippen molar-refractivity contribution >= 4 is 0 Å². The Labute approximate surface area is 464 Å². The van der Waals surface area contributed by atoms with Gasteiger partial charge in [-0.25, -0.2) is 0 Å². The minimum Gasteiger partial charge on any atom is -1.00 e. The monoisotopic (exact) mass is 961 g/mol. The van der Waals surface area contributed by atoms with Crippen molar-refractivity contribution in [2.75, 3.05) is 0 Å². The van der Waals surface area contributed by atoms with Gasteiger partial charge in [0.25, 0.3) is 0 Å². The van der Waals surface area contributed by atoms with E-state index in [0.717, 1.165) is 0 Å². The van der Waals surface area contributed by atoms with Crippen LogP contribution >= 0.6 is 0 Å². The van der Waals surface area contributed by atoms with Crippen LogP contribution in [0.5, 0.6) is 0 Å². The van der Waals surface area contributed by atoms with E-state index in [2.05, 4.69) is 0 Å². The van der Waals surface area contributed by atoms with Crippen molar-refractivity contribution in [3.8, 4) is 0 Å². The van der Waals surface area contributed by atoms with E-state index >= 15 is 0 Å². The van der Waals surface area contributed by atoms with Crippen molar-refractivity contribution in [3.63, 3.8) is 0 Å². The summed E-state index contributed by atoms with van der Waals surface area (Å²) in [6.45, 7) is 0. The molecule has 0 aromatic heterocycles. The van der Waals surface area contributed by atoms with E-state index < -0.39 is 0 Å². The summed E-state index contributed by atoms with van der Waals surface area (Å²) in [6.07, 6.45) is 0. The molecule has 0 bridgehead atoms. The summed E-state index contributed by atoms with van der Waals surface area (Å²) in [6, 6.07) is 144. The molecule has 0 fully saturated rings. The van der Waals surface area contributed by atoms with E-state index in [-0.39, 0.29) is 31.0 Å². The second-order valence-corrected chi connectivity index (χ2v) is 13.9. The van der Waals surface area contributed by atoms with Crippen LogP contribution in [-0.4, -0.2) is 0 Å². The van der Waals surface area contributed by atoms with Crippen molar-refractivity contribution in [3.05, 3.63) is 437 Å². The largest absolute Gasteiger partial charge is 1.00 e. The molecule has 0 atom stereocenters. The van der Waals surface area contributed by atoms with Crippen molar-refractivity contribution in [1.82, 2.24) is 0 Å². The molecule has 0 nitrogen and oxygen atoms in total. The van der Waals surface area contributed by atoms with Crippen LogP contribution in [0.15, 0.2) is 437 Å². The Morgan fingerprint density at radius 1 is 0.0548 bits per heavy atom. The first kappa shape index (κ1) is 64.6. The summed E-state index contributed by atoms with van der Waals surface area (Å²) >= 11 is 0. The van der Waals surface area contributed by atoms with Gasteiger partial charge in [0, 0.05) is 0 Å². The molecule has 12 rings (SSSR count). The normalized spacial score (nSPS) is 7.89. The molecule has 73 heavy (non-hydrogen) atoms. The smallest absolute Gasteiger partial charge is 1.00 e. The van der Waals surface area contributed by atoms with Gasteiger partial charge in [0.15, 0.2) is 0 Å². The summed E-state index contributed by atoms with van der Waals surface area (Å²) < 4.78 is 0. The van der Waals surface area contributed by atoms with Gasteiger partial charge in [0.05, 0.1) is 0 Å². The quantitative estimate of drug-likeness (QED) is 0.133. The van der Waals surface area contributed by atoms with E-state index in [4.69, 9.17) is 0 Å². The minimum atomic E-state index is 0. The van der Waals surface area contributed by atoms with E-state index in [0.29, 0.717) is 0 Å². The fourth-order valence-corrected chi connectivity index (χ4v) is 4.62. The summed E-state index contributed by atoms with van der Waals surface area (Å²) in [5.74, 6) is 0. The van der Waals surface area contributed by atoms with E-state index in [1.807, 2.05) is 437 Å². The van der Waals surface area contributed by atoms with Crippen LogP contribution in [0.2, 0.25) is 0 Å². The van der Waals surface area contributed by atoms with Gasteiger partial charge in [-0.2, -0.15) is 0 Å². The van der Waals surface area contributed by atoms with Crippen LogP contribution in [0, 0.1) is 0 Å². The SMILES string of the molecule is [H-].[Na+].c1ccccc1.c1ccccc1.c1ccccc1.c1ccccc1.c1ccccc1.c1ccccc1.c1ccccc1.c1ccccc1.c1ccccc1.c1ccccc1.c1ccccc1.c1ccccc1. The molecule has 0 aliphatic carbocycles. The molecule has 1 heteroatoms. The number of rotatable bonds is 0. The fourth-order valence-electron chi connectivity index (χ4n) is 4.62. The molecule has 0 unspecified atom stereocenters. The molecule has 12 aromatic rings. The van der Waals surface area contributed by atoms with Crippen LogP contribution in [0.1, 0.15) is 1.43 Å². The molecule has 0 saturated heterocycles. The summed E-state index contributed by atoms with van der Waals surface area (Å²) in [4.78, 5) is 0. The van der Waals surface area contributed by atoms with Crippen LogP contribution in [-0.2, 0) is 0 Å².